The fourth-order valence-electron chi connectivity index (χ4n) is 1.68. The molecule has 3 heteroatoms. The lowest BCUT2D eigenvalue weighted by Crippen LogP contribution is -1.96. The molecule has 1 aromatic rings. The van der Waals surface area contributed by atoms with Gasteiger partial charge in [-0.25, -0.2) is 0 Å². The Bertz CT molecular complexity index is 340. The number of carbonyl (C=O) groups is 1. The van der Waals surface area contributed by atoms with E-state index in [-0.39, 0.29) is 6.42 Å². The SMILES string of the molecule is CC1CC1c1ccc(CCC(=O)O)o1. The molecule has 1 heterocycles. The number of aliphatic carboxylic acids is 1. The molecule has 2 unspecified atom stereocenters. The second-order valence-electron chi connectivity index (χ2n) is 4.02. The van der Waals surface area contributed by atoms with Crippen LogP contribution in [0, 0.1) is 5.92 Å². The lowest BCUT2D eigenvalue weighted by molar-refractivity contribution is -0.137. The predicted octanol–water partition coefficient (Wildman–Crippen LogP) is 2.42. The Morgan fingerprint density at radius 2 is 2.36 bits per heavy atom. The first-order valence-corrected chi connectivity index (χ1v) is 4.97. The average molecular weight is 194 g/mol. The van der Waals surface area contributed by atoms with E-state index in [4.69, 9.17) is 9.52 Å². The summed E-state index contributed by atoms with van der Waals surface area (Å²) < 4.78 is 5.57. The minimum absolute atomic E-state index is 0.146. The van der Waals surface area contributed by atoms with Gasteiger partial charge < -0.3 is 9.52 Å². The number of carboxylic acids is 1. The van der Waals surface area contributed by atoms with Crippen molar-refractivity contribution in [2.75, 3.05) is 0 Å². The first-order valence-electron chi connectivity index (χ1n) is 4.97. The van der Waals surface area contributed by atoms with Gasteiger partial charge in [-0.3, -0.25) is 4.79 Å². The zero-order valence-corrected chi connectivity index (χ0v) is 8.19. The Labute approximate surface area is 82.7 Å². The molecule has 2 atom stereocenters. The molecule has 2 rings (SSSR count). The molecule has 3 nitrogen and oxygen atoms in total. The van der Waals surface area contributed by atoms with Crippen molar-refractivity contribution in [1.29, 1.82) is 0 Å². The van der Waals surface area contributed by atoms with Crippen molar-refractivity contribution >= 4 is 5.97 Å². The molecule has 0 aromatic carbocycles. The fraction of sp³-hybridized carbons (Fsp3) is 0.545. The van der Waals surface area contributed by atoms with E-state index < -0.39 is 5.97 Å². The number of carboxylic acid groups (broad SMARTS) is 1. The average Bonchev–Trinajstić information content (AvgIpc) is 2.68. The summed E-state index contributed by atoms with van der Waals surface area (Å²) in [5, 5.41) is 8.50. The molecule has 0 radical (unpaired) electrons. The van der Waals surface area contributed by atoms with E-state index in [1.165, 1.54) is 6.42 Å². The van der Waals surface area contributed by atoms with Gasteiger partial charge >= 0.3 is 5.97 Å². The highest BCUT2D eigenvalue weighted by molar-refractivity contribution is 5.66. The maximum atomic E-state index is 10.3. The molecule has 1 N–H and O–H groups in total. The van der Waals surface area contributed by atoms with Gasteiger partial charge in [0.1, 0.15) is 11.5 Å². The molecule has 1 fully saturated rings. The zero-order chi connectivity index (χ0) is 10.1. The Hall–Kier alpha value is -1.25. The minimum Gasteiger partial charge on any atom is -0.481 e. The third-order valence-electron chi connectivity index (χ3n) is 2.74. The predicted molar refractivity (Wildman–Crippen MR) is 51.2 cm³/mol. The number of hydrogen-bond donors (Lipinski definition) is 1. The molecule has 0 aliphatic heterocycles. The second-order valence-corrected chi connectivity index (χ2v) is 4.02. The Balaban J connectivity index is 1.93. The molecule has 14 heavy (non-hydrogen) atoms. The van der Waals surface area contributed by atoms with E-state index in [1.54, 1.807) is 0 Å². The molecule has 0 bridgehead atoms. The van der Waals surface area contributed by atoms with Crippen LogP contribution >= 0.6 is 0 Å². The Kier molecular flexibility index (Phi) is 2.32. The van der Waals surface area contributed by atoms with Crippen LogP contribution in [0.1, 0.15) is 37.2 Å². The van der Waals surface area contributed by atoms with Crippen LogP contribution in [-0.4, -0.2) is 11.1 Å². The highest BCUT2D eigenvalue weighted by Gasteiger charge is 2.36. The number of furan rings is 1. The number of aryl methyl sites for hydroxylation is 1. The molecule has 1 aliphatic rings. The zero-order valence-electron chi connectivity index (χ0n) is 8.19. The van der Waals surface area contributed by atoms with Crippen LogP contribution in [-0.2, 0) is 11.2 Å². The summed E-state index contributed by atoms with van der Waals surface area (Å²) in [4.78, 5) is 10.3. The molecule has 76 valence electrons. The summed E-state index contributed by atoms with van der Waals surface area (Å²) >= 11 is 0. The Morgan fingerprint density at radius 1 is 1.64 bits per heavy atom. The van der Waals surface area contributed by atoms with Crippen LogP contribution in [0.5, 0.6) is 0 Å². The fourth-order valence-corrected chi connectivity index (χ4v) is 1.68. The van der Waals surface area contributed by atoms with Gasteiger partial charge in [0.25, 0.3) is 0 Å². The molecular formula is C11H14O3. The minimum atomic E-state index is -0.775. The van der Waals surface area contributed by atoms with Crippen molar-refractivity contribution in [3.63, 3.8) is 0 Å². The summed E-state index contributed by atoms with van der Waals surface area (Å²) in [7, 11) is 0. The quantitative estimate of drug-likeness (QED) is 0.800. The van der Waals surface area contributed by atoms with Crippen LogP contribution in [0.3, 0.4) is 0 Å². The van der Waals surface area contributed by atoms with Gasteiger partial charge in [0.15, 0.2) is 0 Å². The normalized spacial score (nSPS) is 24.9. The summed E-state index contributed by atoms with van der Waals surface area (Å²) in [5.74, 6) is 2.35. The smallest absolute Gasteiger partial charge is 0.303 e. The lowest BCUT2D eigenvalue weighted by atomic mass is 10.2. The standard InChI is InChI=1S/C11H14O3/c1-7-6-9(7)10-4-2-8(14-10)3-5-11(12)13/h2,4,7,9H,3,5-6H2,1H3,(H,12,13). The number of rotatable bonds is 4. The largest absolute Gasteiger partial charge is 0.481 e. The molecular weight excluding hydrogens is 180 g/mol. The number of hydrogen-bond acceptors (Lipinski definition) is 2. The van der Waals surface area contributed by atoms with E-state index in [0.29, 0.717) is 12.3 Å². The van der Waals surface area contributed by atoms with Crippen LogP contribution in [0.25, 0.3) is 0 Å². The molecule has 1 saturated carbocycles. The molecule has 1 aliphatic carbocycles. The van der Waals surface area contributed by atoms with Crippen molar-refractivity contribution in [3.8, 4) is 0 Å². The van der Waals surface area contributed by atoms with Crippen LogP contribution in [0.2, 0.25) is 0 Å². The van der Waals surface area contributed by atoms with Gasteiger partial charge in [0.05, 0.1) is 6.42 Å². The topological polar surface area (TPSA) is 50.4 Å². The van der Waals surface area contributed by atoms with E-state index in [9.17, 15) is 4.79 Å². The van der Waals surface area contributed by atoms with Crippen LogP contribution < -0.4 is 0 Å². The summed E-state index contributed by atoms with van der Waals surface area (Å²) in [6.45, 7) is 2.20. The van der Waals surface area contributed by atoms with Crippen LogP contribution in [0.15, 0.2) is 16.5 Å². The third-order valence-corrected chi connectivity index (χ3v) is 2.74. The van der Waals surface area contributed by atoms with Crippen molar-refractivity contribution in [3.05, 3.63) is 23.7 Å². The first kappa shape index (κ1) is 9.31. The van der Waals surface area contributed by atoms with Gasteiger partial charge in [-0.2, -0.15) is 0 Å². The van der Waals surface area contributed by atoms with Gasteiger partial charge in [-0.05, 0) is 24.5 Å². The van der Waals surface area contributed by atoms with Gasteiger partial charge in [0.2, 0.25) is 0 Å². The molecule has 0 saturated heterocycles. The molecule has 0 spiro atoms. The highest BCUT2D eigenvalue weighted by atomic mass is 16.4. The maximum Gasteiger partial charge on any atom is 0.303 e. The maximum absolute atomic E-state index is 10.3. The van der Waals surface area contributed by atoms with Crippen molar-refractivity contribution in [1.82, 2.24) is 0 Å². The van der Waals surface area contributed by atoms with Crippen LogP contribution in [0.4, 0.5) is 0 Å². The van der Waals surface area contributed by atoms with E-state index in [0.717, 1.165) is 17.4 Å². The Morgan fingerprint density at radius 3 is 2.93 bits per heavy atom. The second kappa shape index (κ2) is 3.48. The van der Waals surface area contributed by atoms with Gasteiger partial charge in [0, 0.05) is 12.3 Å². The lowest BCUT2D eigenvalue weighted by Gasteiger charge is -1.93. The van der Waals surface area contributed by atoms with Gasteiger partial charge in [-0.1, -0.05) is 6.92 Å². The summed E-state index contributed by atoms with van der Waals surface area (Å²) in [6.07, 6.45) is 1.84. The van der Waals surface area contributed by atoms with Crippen molar-refractivity contribution in [2.45, 2.75) is 32.1 Å². The highest BCUT2D eigenvalue weighted by Crippen LogP contribution is 2.47. The van der Waals surface area contributed by atoms with E-state index in [2.05, 4.69) is 6.92 Å². The monoisotopic (exact) mass is 194 g/mol. The molecule has 1 aromatic heterocycles. The van der Waals surface area contributed by atoms with Crippen molar-refractivity contribution in [2.24, 2.45) is 5.92 Å². The third kappa shape index (κ3) is 1.97. The van der Waals surface area contributed by atoms with E-state index in [1.807, 2.05) is 12.1 Å². The summed E-state index contributed by atoms with van der Waals surface area (Å²) in [5.41, 5.74) is 0. The molecule has 0 amide bonds. The summed E-state index contributed by atoms with van der Waals surface area (Å²) in [6, 6.07) is 3.87. The van der Waals surface area contributed by atoms with Gasteiger partial charge in [-0.15, -0.1) is 0 Å². The van der Waals surface area contributed by atoms with E-state index >= 15 is 0 Å². The van der Waals surface area contributed by atoms with Crippen molar-refractivity contribution < 1.29 is 14.3 Å². The first-order chi connectivity index (χ1) is 6.66.